The summed E-state index contributed by atoms with van der Waals surface area (Å²) in [5.74, 6) is 0. The summed E-state index contributed by atoms with van der Waals surface area (Å²) in [4.78, 5) is 3.98. The number of hydrogen-bond donors (Lipinski definition) is 2. The summed E-state index contributed by atoms with van der Waals surface area (Å²) in [5.41, 5.74) is 0.363. The first-order valence-electron chi connectivity index (χ1n) is 5.91. The topological polar surface area (TPSA) is 85.1 Å². The molecule has 0 aromatic carbocycles. The Balaban J connectivity index is 2.31. The highest BCUT2D eigenvalue weighted by Gasteiger charge is 2.12. The standard InChI is InChI=1S/C11H21N3O2S2/c1-11(2,3)6-4-5-7-13-10-14-8-9(17-10)18(12,15)16/h8H,4-7H2,1-3H3,(H,13,14)(H2,12,15,16). The van der Waals surface area contributed by atoms with E-state index in [1.54, 1.807) is 0 Å². The van der Waals surface area contributed by atoms with Gasteiger partial charge in [0.1, 0.15) is 0 Å². The third-order valence-electron chi connectivity index (χ3n) is 2.39. The van der Waals surface area contributed by atoms with Crippen LogP contribution < -0.4 is 10.5 Å². The zero-order valence-corrected chi connectivity index (χ0v) is 12.7. The van der Waals surface area contributed by atoms with Gasteiger partial charge in [-0.15, -0.1) is 0 Å². The molecule has 104 valence electrons. The van der Waals surface area contributed by atoms with E-state index in [2.05, 4.69) is 31.1 Å². The third kappa shape index (κ3) is 5.79. The summed E-state index contributed by atoms with van der Waals surface area (Å²) in [6, 6.07) is 0. The molecule has 0 atom stereocenters. The number of rotatable bonds is 6. The molecule has 1 rings (SSSR count). The van der Waals surface area contributed by atoms with E-state index in [9.17, 15) is 8.42 Å². The number of primary sulfonamides is 1. The molecule has 7 heteroatoms. The lowest BCUT2D eigenvalue weighted by atomic mass is 9.90. The lowest BCUT2D eigenvalue weighted by Crippen LogP contribution is -2.10. The summed E-state index contributed by atoms with van der Waals surface area (Å²) in [6.45, 7) is 7.46. The quantitative estimate of drug-likeness (QED) is 0.788. The van der Waals surface area contributed by atoms with Crippen LogP contribution in [0.2, 0.25) is 0 Å². The minimum absolute atomic E-state index is 0.0969. The molecular formula is C11H21N3O2S2. The number of aromatic nitrogens is 1. The number of anilines is 1. The van der Waals surface area contributed by atoms with Gasteiger partial charge < -0.3 is 5.32 Å². The van der Waals surface area contributed by atoms with Gasteiger partial charge in [-0.1, -0.05) is 38.5 Å². The minimum Gasteiger partial charge on any atom is -0.361 e. The highest BCUT2D eigenvalue weighted by molar-refractivity contribution is 7.91. The van der Waals surface area contributed by atoms with Crippen LogP contribution in [0, 0.1) is 5.41 Å². The molecule has 5 nitrogen and oxygen atoms in total. The third-order valence-corrected chi connectivity index (χ3v) is 4.76. The first kappa shape index (κ1) is 15.4. The second-order valence-electron chi connectivity index (χ2n) is 5.47. The first-order chi connectivity index (χ1) is 8.18. The Morgan fingerprint density at radius 3 is 2.56 bits per heavy atom. The lowest BCUT2D eigenvalue weighted by molar-refractivity contribution is 0.362. The molecule has 0 saturated carbocycles. The fourth-order valence-corrected chi connectivity index (χ4v) is 2.92. The molecule has 18 heavy (non-hydrogen) atoms. The number of hydrogen-bond acceptors (Lipinski definition) is 5. The molecule has 0 fully saturated rings. The molecule has 0 unspecified atom stereocenters. The Labute approximate surface area is 113 Å². The van der Waals surface area contributed by atoms with Crippen LogP contribution in [0.3, 0.4) is 0 Å². The van der Waals surface area contributed by atoms with E-state index in [1.807, 2.05) is 0 Å². The van der Waals surface area contributed by atoms with Crippen LogP contribution in [0.5, 0.6) is 0 Å². The number of sulfonamides is 1. The van der Waals surface area contributed by atoms with Crippen molar-refractivity contribution in [2.75, 3.05) is 11.9 Å². The van der Waals surface area contributed by atoms with Crippen molar-refractivity contribution in [1.82, 2.24) is 4.98 Å². The van der Waals surface area contributed by atoms with Gasteiger partial charge in [-0.3, -0.25) is 0 Å². The number of unbranched alkanes of at least 4 members (excludes halogenated alkanes) is 1. The van der Waals surface area contributed by atoms with Gasteiger partial charge in [-0.25, -0.2) is 18.5 Å². The van der Waals surface area contributed by atoms with E-state index in [1.165, 1.54) is 12.6 Å². The van der Waals surface area contributed by atoms with Crippen molar-refractivity contribution in [1.29, 1.82) is 0 Å². The van der Waals surface area contributed by atoms with E-state index in [0.717, 1.165) is 30.7 Å². The Morgan fingerprint density at radius 2 is 2.06 bits per heavy atom. The number of thiazole rings is 1. The Hall–Kier alpha value is -0.660. The SMILES string of the molecule is CC(C)(C)CCCCNc1ncc(S(N)(=O)=O)s1. The van der Waals surface area contributed by atoms with Gasteiger partial charge in [0.15, 0.2) is 9.34 Å². The number of nitrogens with two attached hydrogens (primary N) is 1. The Morgan fingerprint density at radius 1 is 1.39 bits per heavy atom. The van der Waals surface area contributed by atoms with Crippen LogP contribution in [0.4, 0.5) is 5.13 Å². The molecule has 0 spiro atoms. The average Bonchev–Trinajstić information content (AvgIpc) is 2.63. The second-order valence-corrected chi connectivity index (χ2v) is 8.29. The molecule has 0 aliphatic heterocycles. The first-order valence-corrected chi connectivity index (χ1v) is 8.27. The molecule has 0 radical (unpaired) electrons. The van der Waals surface area contributed by atoms with Crippen LogP contribution in [0.15, 0.2) is 10.4 Å². The monoisotopic (exact) mass is 291 g/mol. The molecule has 1 heterocycles. The van der Waals surface area contributed by atoms with Crippen molar-refractivity contribution in [3.8, 4) is 0 Å². The average molecular weight is 291 g/mol. The van der Waals surface area contributed by atoms with Crippen LogP contribution in [-0.2, 0) is 10.0 Å². The maximum Gasteiger partial charge on any atom is 0.249 e. The normalized spacial score (nSPS) is 12.7. The van der Waals surface area contributed by atoms with Gasteiger partial charge in [-0.2, -0.15) is 0 Å². The fraction of sp³-hybridized carbons (Fsp3) is 0.727. The largest absolute Gasteiger partial charge is 0.361 e. The molecular weight excluding hydrogens is 270 g/mol. The zero-order chi connectivity index (χ0) is 13.8. The van der Waals surface area contributed by atoms with Gasteiger partial charge in [0.2, 0.25) is 10.0 Å². The van der Waals surface area contributed by atoms with E-state index in [4.69, 9.17) is 5.14 Å². The zero-order valence-electron chi connectivity index (χ0n) is 11.1. The summed E-state index contributed by atoms with van der Waals surface area (Å²) in [5, 5.41) is 8.73. The second kappa shape index (κ2) is 5.99. The molecule has 0 bridgehead atoms. The van der Waals surface area contributed by atoms with E-state index < -0.39 is 10.0 Å². The Bertz CT molecular complexity index is 475. The lowest BCUT2D eigenvalue weighted by Gasteiger charge is -2.17. The van der Waals surface area contributed by atoms with Crippen molar-refractivity contribution in [3.63, 3.8) is 0 Å². The molecule has 0 aliphatic rings. The van der Waals surface area contributed by atoms with Crippen molar-refractivity contribution < 1.29 is 8.42 Å². The minimum atomic E-state index is -3.62. The van der Waals surface area contributed by atoms with Crippen LogP contribution in [0.25, 0.3) is 0 Å². The number of nitrogens with one attached hydrogen (secondary N) is 1. The van der Waals surface area contributed by atoms with E-state index >= 15 is 0 Å². The molecule has 1 aromatic heterocycles. The fourth-order valence-electron chi connectivity index (χ4n) is 1.45. The van der Waals surface area contributed by atoms with Crippen molar-refractivity contribution in [3.05, 3.63) is 6.20 Å². The summed E-state index contributed by atoms with van der Waals surface area (Å²) < 4.78 is 22.2. The predicted octanol–water partition coefficient (Wildman–Crippen LogP) is 2.42. The van der Waals surface area contributed by atoms with Crippen molar-refractivity contribution in [2.24, 2.45) is 10.6 Å². The predicted molar refractivity (Wildman–Crippen MR) is 75.3 cm³/mol. The highest BCUT2D eigenvalue weighted by atomic mass is 32.2. The maximum atomic E-state index is 11.1. The van der Waals surface area contributed by atoms with E-state index in [-0.39, 0.29) is 4.21 Å². The van der Waals surface area contributed by atoms with Gasteiger partial charge in [0, 0.05) is 6.54 Å². The summed E-state index contributed by atoms with van der Waals surface area (Å²) in [7, 11) is -3.62. The summed E-state index contributed by atoms with van der Waals surface area (Å²) >= 11 is 1.07. The molecule has 1 aromatic rings. The maximum absolute atomic E-state index is 11.1. The van der Waals surface area contributed by atoms with Gasteiger partial charge in [0.25, 0.3) is 0 Å². The highest BCUT2D eigenvalue weighted by Crippen LogP contribution is 2.23. The molecule has 3 N–H and O–H groups in total. The van der Waals surface area contributed by atoms with Gasteiger partial charge in [-0.05, 0) is 18.3 Å². The van der Waals surface area contributed by atoms with Crippen molar-refractivity contribution >= 4 is 26.5 Å². The van der Waals surface area contributed by atoms with Gasteiger partial charge in [0.05, 0.1) is 6.20 Å². The summed E-state index contributed by atoms with van der Waals surface area (Å²) in [6.07, 6.45) is 4.65. The smallest absolute Gasteiger partial charge is 0.249 e. The Kier molecular flexibility index (Phi) is 5.12. The van der Waals surface area contributed by atoms with Crippen LogP contribution >= 0.6 is 11.3 Å². The molecule has 0 aliphatic carbocycles. The van der Waals surface area contributed by atoms with Crippen LogP contribution in [0.1, 0.15) is 40.0 Å². The van der Waals surface area contributed by atoms with Crippen molar-refractivity contribution in [2.45, 2.75) is 44.2 Å². The van der Waals surface area contributed by atoms with Gasteiger partial charge >= 0.3 is 0 Å². The molecule has 0 saturated heterocycles. The van der Waals surface area contributed by atoms with Crippen LogP contribution in [-0.4, -0.2) is 19.9 Å². The van der Waals surface area contributed by atoms with E-state index in [0.29, 0.717) is 10.5 Å². The number of nitrogens with zero attached hydrogens (tertiary/aromatic N) is 1. The molecule has 0 amide bonds.